The van der Waals surface area contributed by atoms with Crippen molar-refractivity contribution in [2.24, 2.45) is 0 Å². The van der Waals surface area contributed by atoms with Crippen LogP contribution in [0.5, 0.6) is 5.75 Å². The minimum absolute atomic E-state index is 0.661. The van der Waals surface area contributed by atoms with Crippen molar-refractivity contribution >= 4 is 16.6 Å². The lowest BCUT2D eigenvalue weighted by Gasteiger charge is -2.12. The van der Waals surface area contributed by atoms with E-state index in [-0.39, 0.29) is 0 Å². The summed E-state index contributed by atoms with van der Waals surface area (Å²) in [6, 6.07) is 35.2. The van der Waals surface area contributed by atoms with Gasteiger partial charge in [0.05, 0.1) is 7.11 Å². The van der Waals surface area contributed by atoms with Gasteiger partial charge in [-0.05, 0) is 28.8 Å². The molecule has 0 unspecified atom stereocenters. The summed E-state index contributed by atoms with van der Waals surface area (Å²) in [6.07, 6.45) is 0. The van der Waals surface area contributed by atoms with Gasteiger partial charge in [-0.3, -0.25) is 0 Å². The van der Waals surface area contributed by atoms with Crippen LogP contribution in [0.3, 0.4) is 0 Å². The molecule has 0 aliphatic carbocycles. The van der Waals surface area contributed by atoms with Gasteiger partial charge in [-0.2, -0.15) is 0 Å². The molecule has 1 N–H and O–H groups in total. The van der Waals surface area contributed by atoms with Crippen LogP contribution in [0.25, 0.3) is 33.2 Å². The molecule has 4 nitrogen and oxygen atoms in total. The molecule has 0 saturated heterocycles. The molecule has 0 fully saturated rings. The van der Waals surface area contributed by atoms with Crippen LogP contribution in [0.4, 0.5) is 5.82 Å². The zero-order chi connectivity index (χ0) is 21.8. The molecule has 1 aromatic heterocycles. The van der Waals surface area contributed by atoms with Gasteiger partial charge in [-0.1, -0.05) is 91.0 Å². The molecule has 5 aromatic rings. The SMILES string of the molecule is COc1ccc(CNc2nnc(-c3ccc(-c4ccccc4)cc3)c3ccccc23)cc1. The van der Waals surface area contributed by atoms with Crippen LogP contribution in [-0.4, -0.2) is 17.3 Å². The number of aromatic nitrogens is 2. The number of nitrogens with one attached hydrogen (secondary N) is 1. The standard InChI is InChI=1S/C28H23N3O/c1-32-24-17-11-20(12-18-24)19-29-28-26-10-6-5-9-25(26)27(30-31-28)23-15-13-22(14-16-23)21-7-3-2-4-8-21/h2-18H,19H2,1H3,(H,29,31). The van der Waals surface area contributed by atoms with Gasteiger partial charge < -0.3 is 10.1 Å². The number of benzene rings is 4. The smallest absolute Gasteiger partial charge is 0.156 e. The maximum atomic E-state index is 5.23. The molecule has 0 radical (unpaired) electrons. The van der Waals surface area contributed by atoms with Crippen LogP contribution in [0.15, 0.2) is 103 Å². The lowest BCUT2D eigenvalue weighted by molar-refractivity contribution is 0.414. The van der Waals surface area contributed by atoms with Crippen molar-refractivity contribution in [3.63, 3.8) is 0 Å². The quantitative estimate of drug-likeness (QED) is 0.339. The van der Waals surface area contributed by atoms with Gasteiger partial charge >= 0.3 is 0 Å². The average molecular weight is 418 g/mol. The molecule has 4 heteroatoms. The Bertz CT molecular complexity index is 1330. The van der Waals surface area contributed by atoms with E-state index in [2.05, 4.69) is 76.2 Å². The predicted octanol–water partition coefficient (Wildman–Crippen LogP) is 6.58. The van der Waals surface area contributed by atoms with Crippen molar-refractivity contribution in [3.05, 3.63) is 109 Å². The monoisotopic (exact) mass is 417 g/mol. The van der Waals surface area contributed by atoms with Crippen molar-refractivity contribution in [1.29, 1.82) is 0 Å². The highest BCUT2D eigenvalue weighted by atomic mass is 16.5. The number of rotatable bonds is 6. The first-order valence-electron chi connectivity index (χ1n) is 10.6. The van der Waals surface area contributed by atoms with E-state index in [1.165, 1.54) is 11.1 Å². The van der Waals surface area contributed by atoms with Gasteiger partial charge in [0.25, 0.3) is 0 Å². The first-order valence-corrected chi connectivity index (χ1v) is 10.6. The zero-order valence-electron chi connectivity index (χ0n) is 17.8. The molecule has 0 spiro atoms. The second-order valence-corrected chi connectivity index (χ2v) is 7.59. The van der Waals surface area contributed by atoms with Crippen molar-refractivity contribution in [3.8, 4) is 28.1 Å². The number of fused-ring (bicyclic) bond motifs is 1. The van der Waals surface area contributed by atoms with E-state index in [1.807, 2.05) is 42.5 Å². The summed E-state index contributed by atoms with van der Waals surface area (Å²) in [4.78, 5) is 0. The first-order chi connectivity index (χ1) is 15.8. The highest BCUT2D eigenvalue weighted by molar-refractivity contribution is 6.00. The van der Waals surface area contributed by atoms with Crippen LogP contribution in [0.2, 0.25) is 0 Å². The average Bonchev–Trinajstić information content (AvgIpc) is 2.88. The van der Waals surface area contributed by atoms with Crippen LogP contribution >= 0.6 is 0 Å². The molecule has 0 atom stereocenters. The normalized spacial score (nSPS) is 10.8. The Hall–Kier alpha value is -4.18. The molecular formula is C28H23N3O. The third kappa shape index (κ3) is 4.03. The Morgan fingerprint density at radius 2 is 1.25 bits per heavy atom. The second-order valence-electron chi connectivity index (χ2n) is 7.59. The van der Waals surface area contributed by atoms with Crippen LogP contribution in [0.1, 0.15) is 5.56 Å². The Kier molecular flexibility index (Phi) is 5.50. The summed E-state index contributed by atoms with van der Waals surface area (Å²) in [5.41, 5.74) is 5.47. The second kappa shape index (κ2) is 8.90. The minimum Gasteiger partial charge on any atom is -0.497 e. The maximum absolute atomic E-state index is 5.23. The van der Waals surface area contributed by atoms with Gasteiger partial charge in [0, 0.05) is 22.9 Å². The van der Waals surface area contributed by atoms with Gasteiger partial charge in [0.1, 0.15) is 11.4 Å². The Morgan fingerprint density at radius 3 is 1.97 bits per heavy atom. The lowest BCUT2D eigenvalue weighted by atomic mass is 10.0. The van der Waals surface area contributed by atoms with E-state index in [1.54, 1.807) is 7.11 Å². The van der Waals surface area contributed by atoms with E-state index in [0.717, 1.165) is 39.2 Å². The number of nitrogens with zero attached hydrogens (tertiary/aromatic N) is 2. The van der Waals surface area contributed by atoms with E-state index in [9.17, 15) is 0 Å². The topological polar surface area (TPSA) is 47.0 Å². The summed E-state index contributed by atoms with van der Waals surface area (Å²) in [5, 5.41) is 14.7. The molecule has 156 valence electrons. The Balaban J connectivity index is 1.44. The molecule has 0 aliphatic heterocycles. The summed E-state index contributed by atoms with van der Waals surface area (Å²) in [7, 11) is 1.67. The number of ether oxygens (including phenoxy) is 1. The summed E-state index contributed by atoms with van der Waals surface area (Å²) >= 11 is 0. The third-order valence-electron chi connectivity index (χ3n) is 5.57. The number of methoxy groups -OCH3 is 1. The largest absolute Gasteiger partial charge is 0.497 e. The highest BCUT2D eigenvalue weighted by Gasteiger charge is 2.11. The number of hydrogen-bond donors (Lipinski definition) is 1. The molecule has 0 aliphatic rings. The number of anilines is 1. The van der Waals surface area contributed by atoms with Gasteiger partial charge in [-0.15, -0.1) is 10.2 Å². The van der Waals surface area contributed by atoms with Crippen LogP contribution < -0.4 is 10.1 Å². The zero-order valence-corrected chi connectivity index (χ0v) is 17.8. The molecule has 5 rings (SSSR count). The maximum Gasteiger partial charge on any atom is 0.156 e. The molecular weight excluding hydrogens is 394 g/mol. The molecule has 32 heavy (non-hydrogen) atoms. The molecule has 1 heterocycles. The molecule has 0 saturated carbocycles. The van der Waals surface area contributed by atoms with Gasteiger partial charge in [0.15, 0.2) is 5.82 Å². The summed E-state index contributed by atoms with van der Waals surface area (Å²) in [6.45, 7) is 0.661. The van der Waals surface area contributed by atoms with Gasteiger partial charge in [-0.25, -0.2) is 0 Å². The Labute approximate surface area is 187 Å². The predicted molar refractivity (Wildman–Crippen MR) is 131 cm³/mol. The highest BCUT2D eigenvalue weighted by Crippen LogP contribution is 2.31. The lowest BCUT2D eigenvalue weighted by Crippen LogP contribution is -2.04. The van der Waals surface area contributed by atoms with Crippen LogP contribution in [-0.2, 0) is 6.54 Å². The third-order valence-corrected chi connectivity index (χ3v) is 5.57. The van der Waals surface area contributed by atoms with Crippen molar-refractivity contribution < 1.29 is 4.74 Å². The number of hydrogen-bond acceptors (Lipinski definition) is 4. The molecule has 0 amide bonds. The van der Waals surface area contributed by atoms with Crippen molar-refractivity contribution in [2.45, 2.75) is 6.54 Å². The van der Waals surface area contributed by atoms with E-state index in [0.29, 0.717) is 6.54 Å². The van der Waals surface area contributed by atoms with Crippen molar-refractivity contribution in [2.75, 3.05) is 12.4 Å². The summed E-state index contributed by atoms with van der Waals surface area (Å²) < 4.78 is 5.23. The first kappa shape index (κ1) is 19.8. The Morgan fingerprint density at radius 1 is 0.625 bits per heavy atom. The minimum atomic E-state index is 0.661. The fourth-order valence-electron chi connectivity index (χ4n) is 3.83. The van der Waals surface area contributed by atoms with Crippen molar-refractivity contribution in [1.82, 2.24) is 10.2 Å². The fourth-order valence-corrected chi connectivity index (χ4v) is 3.83. The van der Waals surface area contributed by atoms with Gasteiger partial charge in [0.2, 0.25) is 0 Å². The fraction of sp³-hybridized carbons (Fsp3) is 0.0714. The molecule has 0 bridgehead atoms. The van der Waals surface area contributed by atoms with E-state index < -0.39 is 0 Å². The van der Waals surface area contributed by atoms with Crippen LogP contribution in [0, 0.1) is 0 Å². The summed E-state index contributed by atoms with van der Waals surface area (Å²) in [5.74, 6) is 1.63. The molecule has 4 aromatic carbocycles. The van der Waals surface area contributed by atoms with E-state index >= 15 is 0 Å². The van der Waals surface area contributed by atoms with E-state index in [4.69, 9.17) is 4.74 Å².